The lowest BCUT2D eigenvalue weighted by molar-refractivity contribution is -0.147. The molecule has 82 valence electrons. The highest BCUT2D eigenvalue weighted by Crippen LogP contribution is 2.07. The summed E-state index contributed by atoms with van der Waals surface area (Å²) in [5.74, 6) is -0.225. The molecule has 0 amide bonds. The van der Waals surface area contributed by atoms with Crippen molar-refractivity contribution in [2.75, 3.05) is 40.0 Å². The van der Waals surface area contributed by atoms with Gasteiger partial charge >= 0.3 is 5.97 Å². The van der Waals surface area contributed by atoms with Gasteiger partial charge in [0.1, 0.15) is 6.10 Å². The van der Waals surface area contributed by atoms with Gasteiger partial charge in [0.05, 0.1) is 26.4 Å². The largest absolute Gasteiger partial charge is 0.459 e. The van der Waals surface area contributed by atoms with E-state index in [0.717, 1.165) is 6.42 Å². The molecule has 1 saturated heterocycles. The first-order chi connectivity index (χ1) is 6.83. The first kappa shape index (κ1) is 11.4. The van der Waals surface area contributed by atoms with Gasteiger partial charge in [0.2, 0.25) is 0 Å². The number of esters is 1. The van der Waals surface area contributed by atoms with Gasteiger partial charge in [0.15, 0.2) is 0 Å². The molecule has 0 aromatic carbocycles. The number of rotatable bonds is 6. The second kappa shape index (κ2) is 6.75. The monoisotopic (exact) mass is 203 g/mol. The standard InChI is InChI=1S/C9H17NO4/c1-12-5-3-10-6-9(11)14-8-2-4-13-7-8/h8,10H,2-7H2,1H3. The highest BCUT2D eigenvalue weighted by molar-refractivity contribution is 5.71. The smallest absolute Gasteiger partial charge is 0.320 e. The minimum absolute atomic E-state index is 0.0493. The van der Waals surface area contributed by atoms with Gasteiger partial charge in [-0.15, -0.1) is 0 Å². The lowest BCUT2D eigenvalue weighted by Gasteiger charge is -2.10. The molecule has 1 rings (SSSR count). The molecule has 1 aliphatic rings. The Balaban J connectivity index is 1.98. The number of carbonyl (C=O) groups excluding carboxylic acids is 1. The Kier molecular flexibility index (Phi) is 5.51. The molecule has 1 heterocycles. The number of carbonyl (C=O) groups is 1. The fourth-order valence-electron chi connectivity index (χ4n) is 1.20. The van der Waals surface area contributed by atoms with Gasteiger partial charge in [-0.25, -0.2) is 0 Å². The Labute approximate surface area is 83.7 Å². The van der Waals surface area contributed by atoms with Crippen molar-refractivity contribution in [3.63, 3.8) is 0 Å². The van der Waals surface area contributed by atoms with Gasteiger partial charge in [-0.2, -0.15) is 0 Å². The normalized spacial score (nSPS) is 21.1. The highest BCUT2D eigenvalue weighted by Gasteiger charge is 2.19. The van der Waals surface area contributed by atoms with Crippen LogP contribution in [0.15, 0.2) is 0 Å². The summed E-state index contributed by atoms with van der Waals surface area (Å²) in [6.07, 6.45) is 0.760. The summed E-state index contributed by atoms with van der Waals surface area (Å²) in [5, 5.41) is 2.92. The molecule has 0 aliphatic carbocycles. The first-order valence-corrected chi connectivity index (χ1v) is 4.80. The lowest BCUT2D eigenvalue weighted by atomic mass is 10.3. The van der Waals surface area contributed by atoms with E-state index in [-0.39, 0.29) is 18.6 Å². The van der Waals surface area contributed by atoms with Crippen LogP contribution in [0.25, 0.3) is 0 Å². The maximum Gasteiger partial charge on any atom is 0.320 e. The average Bonchev–Trinajstić information content (AvgIpc) is 2.65. The first-order valence-electron chi connectivity index (χ1n) is 4.80. The van der Waals surface area contributed by atoms with Crippen LogP contribution in [0.4, 0.5) is 0 Å². The number of hydrogen-bond acceptors (Lipinski definition) is 5. The topological polar surface area (TPSA) is 56.8 Å². The number of hydrogen-bond donors (Lipinski definition) is 1. The summed E-state index contributed by atoms with van der Waals surface area (Å²) in [7, 11) is 1.62. The zero-order valence-corrected chi connectivity index (χ0v) is 8.45. The van der Waals surface area contributed by atoms with Gasteiger partial charge < -0.3 is 19.5 Å². The van der Waals surface area contributed by atoms with E-state index in [1.165, 1.54) is 0 Å². The number of nitrogens with one attached hydrogen (secondary N) is 1. The molecule has 5 heteroatoms. The van der Waals surface area contributed by atoms with Crippen molar-refractivity contribution < 1.29 is 19.0 Å². The third-order valence-corrected chi connectivity index (χ3v) is 1.94. The van der Waals surface area contributed by atoms with Crippen LogP contribution in [0.5, 0.6) is 0 Å². The summed E-state index contributed by atoms with van der Waals surface area (Å²) in [6.45, 7) is 2.71. The fraction of sp³-hybridized carbons (Fsp3) is 0.889. The van der Waals surface area contributed by atoms with E-state index < -0.39 is 0 Å². The van der Waals surface area contributed by atoms with Crippen LogP contribution >= 0.6 is 0 Å². The summed E-state index contributed by atoms with van der Waals surface area (Å²) in [4.78, 5) is 11.2. The molecule has 0 bridgehead atoms. The van der Waals surface area contributed by atoms with Crippen molar-refractivity contribution in [1.29, 1.82) is 0 Å². The van der Waals surface area contributed by atoms with Gasteiger partial charge in [-0.05, 0) is 0 Å². The fourth-order valence-corrected chi connectivity index (χ4v) is 1.20. The number of methoxy groups -OCH3 is 1. The second-order valence-corrected chi connectivity index (χ2v) is 3.15. The zero-order valence-electron chi connectivity index (χ0n) is 8.45. The lowest BCUT2D eigenvalue weighted by Crippen LogP contribution is -2.30. The third-order valence-electron chi connectivity index (χ3n) is 1.94. The van der Waals surface area contributed by atoms with Crippen LogP contribution in [0.2, 0.25) is 0 Å². The molecule has 1 atom stereocenters. The molecule has 1 N–H and O–H groups in total. The quantitative estimate of drug-likeness (QED) is 0.468. The van der Waals surface area contributed by atoms with Crippen LogP contribution in [0.3, 0.4) is 0 Å². The second-order valence-electron chi connectivity index (χ2n) is 3.15. The molecule has 0 aromatic rings. The van der Waals surface area contributed by atoms with Crippen molar-refractivity contribution in [2.45, 2.75) is 12.5 Å². The van der Waals surface area contributed by atoms with Crippen molar-refractivity contribution >= 4 is 5.97 Å². The Morgan fingerprint density at radius 3 is 3.14 bits per heavy atom. The Hall–Kier alpha value is -0.650. The van der Waals surface area contributed by atoms with Crippen molar-refractivity contribution in [1.82, 2.24) is 5.32 Å². The predicted octanol–water partition coefficient (Wildman–Crippen LogP) is -0.445. The van der Waals surface area contributed by atoms with E-state index in [1.54, 1.807) is 7.11 Å². The average molecular weight is 203 g/mol. The van der Waals surface area contributed by atoms with E-state index in [2.05, 4.69) is 5.32 Å². The molecule has 14 heavy (non-hydrogen) atoms. The molecule has 0 saturated carbocycles. The maximum atomic E-state index is 11.2. The van der Waals surface area contributed by atoms with Crippen molar-refractivity contribution in [3.05, 3.63) is 0 Å². The van der Waals surface area contributed by atoms with E-state index in [4.69, 9.17) is 14.2 Å². The Morgan fingerprint density at radius 1 is 1.64 bits per heavy atom. The van der Waals surface area contributed by atoms with Gasteiger partial charge in [0, 0.05) is 20.1 Å². The summed E-state index contributed by atoms with van der Waals surface area (Å²) in [6, 6.07) is 0. The molecular formula is C9H17NO4. The van der Waals surface area contributed by atoms with Gasteiger partial charge in [-0.1, -0.05) is 0 Å². The predicted molar refractivity (Wildman–Crippen MR) is 50.1 cm³/mol. The summed E-state index contributed by atoms with van der Waals surface area (Å²) < 4.78 is 15.0. The summed E-state index contributed by atoms with van der Waals surface area (Å²) in [5.41, 5.74) is 0. The molecule has 1 unspecified atom stereocenters. The van der Waals surface area contributed by atoms with Crippen molar-refractivity contribution in [2.24, 2.45) is 0 Å². The van der Waals surface area contributed by atoms with Gasteiger partial charge in [-0.3, -0.25) is 4.79 Å². The molecule has 5 nitrogen and oxygen atoms in total. The minimum Gasteiger partial charge on any atom is -0.459 e. The van der Waals surface area contributed by atoms with Crippen LogP contribution in [-0.2, 0) is 19.0 Å². The molecule has 1 aliphatic heterocycles. The SMILES string of the molecule is COCCNCC(=O)OC1CCOC1. The minimum atomic E-state index is -0.225. The molecule has 0 aromatic heterocycles. The third kappa shape index (κ3) is 4.55. The van der Waals surface area contributed by atoms with Crippen LogP contribution in [0, 0.1) is 0 Å². The van der Waals surface area contributed by atoms with E-state index in [0.29, 0.717) is 26.4 Å². The Morgan fingerprint density at radius 2 is 2.50 bits per heavy atom. The van der Waals surface area contributed by atoms with Gasteiger partial charge in [0.25, 0.3) is 0 Å². The molecule has 0 radical (unpaired) electrons. The van der Waals surface area contributed by atoms with Crippen molar-refractivity contribution in [3.8, 4) is 0 Å². The molecule has 0 spiro atoms. The van der Waals surface area contributed by atoms with E-state index in [1.807, 2.05) is 0 Å². The van der Waals surface area contributed by atoms with Crippen LogP contribution in [-0.4, -0.2) is 52.1 Å². The Bertz CT molecular complexity index is 168. The molecular weight excluding hydrogens is 186 g/mol. The van der Waals surface area contributed by atoms with Crippen LogP contribution in [0.1, 0.15) is 6.42 Å². The maximum absolute atomic E-state index is 11.2. The highest BCUT2D eigenvalue weighted by atomic mass is 16.6. The van der Waals surface area contributed by atoms with E-state index in [9.17, 15) is 4.79 Å². The van der Waals surface area contributed by atoms with Crippen LogP contribution < -0.4 is 5.32 Å². The summed E-state index contributed by atoms with van der Waals surface area (Å²) >= 11 is 0. The number of ether oxygens (including phenoxy) is 3. The van der Waals surface area contributed by atoms with E-state index >= 15 is 0 Å². The molecule has 1 fully saturated rings. The zero-order chi connectivity index (χ0) is 10.2.